The highest BCUT2D eigenvalue weighted by Crippen LogP contribution is 2.30. The molecule has 28 heavy (non-hydrogen) atoms. The number of aryl methyl sites for hydroxylation is 1. The van der Waals surface area contributed by atoms with E-state index in [2.05, 4.69) is 0 Å². The maximum Gasteiger partial charge on any atom is 0.259 e. The van der Waals surface area contributed by atoms with E-state index in [1.807, 2.05) is 43.3 Å². The lowest BCUT2D eigenvalue weighted by molar-refractivity contribution is -0.119. The predicted octanol–water partition coefficient (Wildman–Crippen LogP) is 3.88. The predicted molar refractivity (Wildman–Crippen MR) is 109 cm³/mol. The molecule has 3 aromatic rings. The summed E-state index contributed by atoms with van der Waals surface area (Å²) in [5, 5.41) is 0. The van der Waals surface area contributed by atoms with E-state index in [1.165, 1.54) is 4.90 Å². The number of rotatable bonds is 6. The molecule has 1 atom stereocenters. The number of nitrogens with two attached hydrogens (primary N) is 1. The monoisotopic (exact) mass is 374 g/mol. The van der Waals surface area contributed by atoms with Crippen LogP contribution in [0.3, 0.4) is 0 Å². The molecule has 0 saturated carbocycles. The zero-order valence-electron chi connectivity index (χ0n) is 15.8. The largest absolute Gasteiger partial charge is 0.497 e. The van der Waals surface area contributed by atoms with Crippen molar-refractivity contribution >= 4 is 17.5 Å². The van der Waals surface area contributed by atoms with E-state index in [9.17, 15) is 9.59 Å². The Labute approximate surface area is 164 Å². The first-order valence-electron chi connectivity index (χ1n) is 8.90. The highest BCUT2D eigenvalue weighted by Gasteiger charge is 2.32. The first-order valence-corrected chi connectivity index (χ1v) is 8.90. The van der Waals surface area contributed by atoms with E-state index in [0.717, 1.165) is 5.56 Å². The van der Waals surface area contributed by atoms with Crippen molar-refractivity contribution in [3.05, 3.63) is 95.6 Å². The van der Waals surface area contributed by atoms with Crippen LogP contribution in [-0.2, 0) is 4.79 Å². The Morgan fingerprint density at radius 3 is 2.18 bits per heavy atom. The molecule has 5 nitrogen and oxygen atoms in total. The molecule has 142 valence electrons. The second-order valence-corrected chi connectivity index (χ2v) is 6.46. The van der Waals surface area contributed by atoms with Crippen LogP contribution >= 0.6 is 0 Å². The number of methoxy groups -OCH3 is 1. The number of para-hydroxylation sites is 1. The number of hydrogen-bond acceptors (Lipinski definition) is 3. The van der Waals surface area contributed by atoms with Crippen molar-refractivity contribution in [3.63, 3.8) is 0 Å². The minimum atomic E-state index is -0.933. The number of benzene rings is 3. The van der Waals surface area contributed by atoms with Gasteiger partial charge < -0.3 is 10.5 Å². The van der Waals surface area contributed by atoms with Gasteiger partial charge in [-0.2, -0.15) is 0 Å². The number of primary amides is 1. The first-order chi connectivity index (χ1) is 13.5. The summed E-state index contributed by atoms with van der Waals surface area (Å²) < 4.78 is 5.16. The van der Waals surface area contributed by atoms with Crippen LogP contribution in [0, 0.1) is 6.92 Å². The van der Waals surface area contributed by atoms with E-state index < -0.39 is 11.9 Å². The minimum Gasteiger partial charge on any atom is -0.497 e. The molecule has 5 heteroatoms. The molecule has 3 aromatic carbocycles. The minimum absolute atomic E-state index is 0.320. The number of hydrogen-bond donors (Lipinski definition) is 1. The smallest absolute Gasteiger partial charge is 0.259 e. The summed E-state index contributed by atoms with van der Waals surface area (Å²) in [5.41, 5.74) is 8.44. The molecule has 0 aromatic heterocycles. The van der Waals surface area contributed by atoms with Crippen molar-refractivity contribution in [1.29, 1.82) is 0 Å². The molecule has 0 aliphatic carbocycles. The Balaban J connectivity index is 2.12. The van der Waals surface area contributed by atoms with E-state index in [-0.39, 0.29) is 5.91 Å². The van der Waals surface area contributed by atoms with E-state index >= 15 is 0 Å². The normalized spacial score (nSPS) is 11.5. The second-order valence-electron chi connectivity index (χ2n) is 6.46. The summed E-state index contributed by atoms with van der Waals surface area (Å²) in [6.07, 6.45) is 0. The second kappa shape index (κ2) is 8.39. The summed E-state index contributed by atoms with van der Waals surface area (Å²) in [5.74, 6) is -0.275. The van der Waals surface area contributed by atoms with Gasteiger partial charge in [-0.25, -0.2) is 0 Å². The first kappa shape index (κ1) is 19.2. The van der Waals surface area contributed by atoms with Gasteiger partial charge in [0, 0.05) is 11.3 Å². The summed E-state index contributed by atoms with van der Waals surface area (Å²) in [4.78, 5) is 27.3. The number of ether oxygens (including phenoxy) is 1. The van der Waals surface area contributed by atoms with Crippen molar-refractivity contribution in [2.45, 2.75) is 13.0 Å². The van der Waals surface area contributed by atoms with Crippen LogP contribution in [0.1, 0.15) is 27.5 Å². The van der Waals surface area contributed by atoms with Crippen molar-refractivity contribution in [1.82, 2.24) is 0 Å². The maximum atomic E-state index is 13.4. The van der Waals surface area contributed by atoms with Crippen LogP contribution in [0.25, 0.3) is 0 Å². The molecule has 0 aliphatic heterocycles. The number of anilines is 1. The molecule has 0 fully saturated rings. The quantitative estimate of drug-likeness (QED) is 0.712. The zero-order chi connectivity index (χ0) is 20.1. The van der Waals surface area contributed by atoms with Crippen molar-refractivity contribution in [2.75, 3.05) is 12.0 Å². The highest BCUT2D eigenvalue weighted by molar-refractivity contribution is 6.10. The van der Waals surface area contributed by atoms with Gasteiger partial charge in [-0.05, 0) is 48.9 Å². The van der Waals surface area contributed by atoms with Gasteiger partial charge >= 0.3 is 0 Å². The third kappa shape index (κ3) is 4.04. The zero-order valence-corrected chi connectivity index (χ0v) is 15.8. The van der Waals surface area contributed by atoms with E-state index in [0.29, 0.717) is 22.6 Å². The van der Waals surface area contributed by atoms with Crippen molar-refractivity contribution < 1.29 is 14.3 Å². The van der Waals surface area contributed by atoms with Crippen LogP contribution in [-0.4, -0.2) is 18.9 Å². The summed E-state index contributed by atoms with van der Waals surface area (Å²) >= 11 is 0. The average Bonchev–Trinajstić information content (AvgIpc) is 2.72. The van der Waals surface area contributed by atoms with E-state index in [4.69, 9.17) is 10.5 Å². The Morgan fingerprint density at radius 2 is 1.61 bits per heavy atom. The molecule has 2 amide bonds. The van der Waals surface area contributed by atoms with Crippen LogP contribution in [0.5, 0.6) is 5.75 Å². The van der Waals surface area contributed by atoms with Crippen LogP contribution in [0.4, 0.5) is 5.69 Å². The molecular weight excluding hydrogens is 352 g/mol. The van der Waals surface area contributed by atoms with Gasteiger partial charge in [-0.3, -0.25) is 14.5 Å². The SMILES string of the molecule is COc1ccc(C(=O)N(c2ccccc2)C(C(N)=O)c2cccc(C)c2)cc1. The summed E-state index contributed by atoms with van der Waals surface area (Å²) in [7, 11) is 1.56. The Kier molecular flexibility index (Phi) is 5.75. The standard InChI is InChI=1S/C23H22N2O3/c1-16-7-6-8-18(15-16)21(22(24)26)25(19-9-4-3-5-10-19)23(27)17-11-13-20(28-2)14-12-17/h3-15,21H,1-2H3,(H2,24,26). The molecule has 0 radical (unpaired) electrons. The van der Waals surface area contributed by atoms with Crippen LogP contribution < -0.4 is 15.4 Å². The fourth-order valence-electron chi connectivity index (χ4n) is 3.13. The van der Waals surface area contributed by atoms with Gasteiger partial charge in [0.2, 0.25) is 5.91 Å². The molecular formula is C23H22N2O3. The van der Waals surface area contributed by atoms with Gasteiger partial charge in [0.05, 0.1) is 7.11 Å². The van der Waals surface area contributed by atoms with Crippen molar-refractivity contribution in [3.8, 4) is 5.75 Å². The molecule has 1 unspecified atom stereocenters. The van der Waals surface area contributed by atoms with Crippen molar-refractivity contribution in [2.24, 2.45) is 5.73 Å². The third-order valence-corrected chi connectivity index (χ3v) is 4.48. The molecule has 0 spiro atoms. The molecule has 0 saturated heterocycles. The van der Waals surface area contributed by atoms with Gasteiger partial charge in [-0.15, -0.1) is 0 Å². The lowest BCUT2D eigenvalue weighted by Crippen LogP contribution is -2.42. The molecule has 3 rings (SSSR count). The average molecular weight is 374 g/mol. The van der Waals surface area contributed by atoms with Gasteiger partial charge in [0.15, 0.2) is 0 Å². The fraction of sp³-hybridized carbons (Fsp3) is 0.130. The van der Waals surface area contributed by atoms with E-state index in [1.54, 1.807) is 49.6 Å². The van der Waals surface area contributed by atoms with Gasteiger partial charge in [-0.1, -0.05) is 48.0 Å². The summed E-state index contributed by atoms with van der Waals surface area (Å²) in [6, 6.07) is 22.3. The maximum absolute atomic E-state index is 13.4. The number of nitrogens with zero attached hydrogens (tertiary/aromatic N) is 1. The molecule has 2 N–H and O–H groups in total. The topological polar surface area (TPSA) is 72.6 Å². The molecule has 0 bridgehead atoms. The highest BCUT2D eigenvalue weighted by atomic mass is 16.5. The number of carbonyl (C=O) groups is 2. The van der Waals surface area contributed by atoms with Gasteiger partial charge in [0.25, 0.3) is 5.91 Å². The van der Waals surface area contributed by atoms with Crippen LogP contribution in [0.2, 0.25) is 0 Å². The number of amides is 2. The Hall–Kier alpha value is -3.60. The Morgan fingerprint density at radius 1 is 0.929 bits per heavy atom. The summed E-state index contributed by atoms with van der Waals surface area (Å²) in [6.45, 7) is 1.93. The lowest BCUT2D eigenvalue weighted by Gasteiger charge is -2.30. The third-order valence-electron chi connectivity index (χ3n) is 4.48. The fourth-order valence-corrected chi connectivity index (χ4v) is 3.13. The molecule has 0 heterocycles. The van der Waals surface area contributed by atoms with Gasteiger partial charge in [0.1, 0.15) is 11.8 Å². The molecule has 0 aliphatic rings. The Bertz CT molecular complexity index is 969. The lowest BCUT2D eigenvalue weighted by atomic mass is 10.00. The van der Waals surface area contributed by atoms with Crippen LogP contribution in [0.15, 0.2) is 78.9 Å². The number of carbonyl (C=O) groups excluding carboxylic acids is 2.